The van der Waals surface area contributed by atoms with E-state index in [1.165, 1.54) is 11.3 Å². The molecule has 0 radical (unpaired) electrons. The summed E-state index contributed by atoms with van der Waals surface area (Å²) >= 11 is 13.9. The summed E-state index contributed by atoms with van der Waals surface area (Å²) < 4.78 is 0. The van der Waals surface area contributed by atoms with E-state index in [0.29, 0.717) is 22.0 Å². The fourth-order valence-corrected chi connectivity index (χ4v) is 4.76. The third-order valence-corrected chi connectivity index (χ3v) is 6.04. The highest BCUT2D eigenvalue weighted by Crippen LogP contribution is 2.40. The molecular formula is C13H15Cl2NOS. The first-order valence-corrected chi connectivity index (χ1v) is 7.97. The van der Waals surface area contributed by atoms with Crippen molar-refractivity contribution in [3.05, 3.63) is 20.8 Å². The van der Waals surface area contributed by atoms with Gasteiger partial charge in [-0.1, -0.05) is 11.6 Å². The Morgan fingerprint density at radius 1 is 1.39 bits per heavy atom. The molecule has 2 bridgehead atoms. The van der Waals surface area contributed by atoms with Crippen LogP contribution in [0.25, 0.3) is 0 Å². The van der Waals surface area contributed by atoms with E-state index in [1.54, 1.807) is 0 Å². The number of carbonyl (C=O) groups is 1. The highest BCUT2D eigenvalue weighted by atomic mass is 35.5. The van der Waals surface area contributed by atoms with Crippen molar-refractivity contribution in [3.8, 4) is 0 Å². The van der Waals surface area contributed by atoms with Crippen LogP contribution in [0.1, 0.15) is 40.9 Å². The van der Waals surface area contributed by atoms with Crippen LogP contribution in [0.5, 0.6) is 0 Å². The van der Waals surface area contributed by atoms with Crippen LogP contribution in [0.3, 0.4) is 0 Å². The summed E-state index contributed by atoms with van der Waals surface area (Å²) in [5.41, 5.74) is 0.990. The first-order chi connectivity index (χ1) is 8.58. The van der Waals surface area contributed by atoms with Crippen molar-refractivity contribution in [1.29, 1.82) is 0 Å². The van der Waals surface area contributed by atoms with Crippen molar-refractivity contribution in [1.82, 2.24) is 4.90 Å². The van der Waals surface area contributed by atoms with Gasteiger partial charge in [0.2, 0.25) is 0 Å². The summed E-state index contributed by atoms with van der Waals surface area (Å²) in [7, 11) is 0. The number of hydrogen-bond acceptors (Lipinski definition) is 2. The van der Waals surface area contributed by atoms with E-state index in [-0.39, 0.29) is 11.3 Å². The maximum absolute atomic E-state index is 12.6. The topological polar surface area (TPSA) is 20.3 Å². The van der Waals surface area contributed by atoms with Crippen LogP contribution in [0, 0.1) is 6.92 Å². The molecule has 98 valence electrons. The molecule has 2 unspecified atom stereocenters. The minimum atomic E-state index is 0.106. The number of aryl methyl sites for hydroxylation is 1. The minimum absolute atomic E-state index is 0.106. The molecule has 2 nitrogen and oxygen atoms in total. The van der Waals surface area contributed by atoms with Gasteiger partial charge in [0.1, 0.15) is 4.88 Å². The van der Waals surface area contributed by atoms with Crippen molar-refractivity contribution in [2.45, 2.75) is 50.1 Å². The third kappa shape index (κ3) is 1.97. The molecule has 18 heavy (non-hydrogen) atoms. The number of amides is 1. The van der Waals surface area contributed by atoms with E-state index < -0.39 is 0 Å². The fourth-order valence-electron chi connectivity index (χ4n) is 3.13. The quantitative estimate of drug-likeness (QED) is 0.716. The first kappa shape index (κ1) is 12.8. The Morgan fingerprint density at radius 3 is 2.50 bits per heavy atom. The maximum atomic E-state index is 12.6. The van der Waals surface area contributed by atoms with Gasteiger partial charge in [-0.15, -0.1) is 22.9 Å². The van der Waals surface area contributed by atoms with Crippen molar-refractivity contribution in [2.75, 3.05) is 0 Å². The highest BCUT2D eigenvalue weighted by molar-refractivity contribution is 7.13. The maximum Gasteiger partial charge on any atom is 0.265 e. The van der Waals surface area contributed by atoms with Gasteiger partial charge in [0, 0.05) is 17.5 Å². The van der Waals surface area contributed by atoms with Crippen LogP contribution < -0.4 is 0 Å². The number of hydrogen-bond donors (Lipinski definition) is 0. The van der Waals surface area contributed by atoms with Crippen molar-refractivity contribution in [3.63, 3.8) is 0 Å². The number of alkyl halides is 1. The molecule has 2 aliphatic heterocycles. The number of halogens is 2. The monoisotopic (exact) mass is 303 g/mol. The molecule has 0 N–H and O–H groups in total. The molecule has 0 aliphatic carbocycles. The molecule has 1 aromatic heterocycles. The highest BCUT2D eigenvalue weighted by Gasteiger charge is 2.43. The number of nitrogens with zero attached hydrogens (tertiary/aromatic N) is 1. The molecule has 2 fully saturated rings. The Hall–Kier alpha value is -0.250. The zero-order chi connectivity index (χ0) is 12.9. The average Bonchev–Trinajstić information content (AvgIpc) is 2.79. The molecule has 3 rings (SSSR count). The SMILES string of the molecule is Cc1csc(C(=O)N2C3CCC2CC(Cl)C3)c1Cl. The predicted molar refractivity (Wildman–Crippen MR) is 75.9 cm³/mol. The Morgan fingerprint density at radius 2 is 2.00 bits per heavy atom. The van der Waals surface area contributed by atoms with Crippen molar-refractivity contribution < 1.29 is 4.79 Å². The standard InChI is InChI=1S/C13H15Cl2NOS/c1-7-6-18-12(11(7)15)13(17)16-9-2-3-10(16)5-8(14)4-9/h6,8-10H,2-5H2,1H3. The molecule has 0 saturated carbocycles. The van der Waals surface area contributed by atoms with Gasteiger partial charge < -0.3 is 4.90 Å². The van der Waals surface area contributed by atoms with Gasteiger partial charge in [-0.05, 0) is 43.6 Å². The molecular weight excluding hydrogens is 289 g/mol. The van der Waals surface area contributed by atoms with Crippen LogP contribution in [0.15, 0.2) is 5.38 Å². The van der Waals surface area contributed by atoms with Gasteiger partial charge in [-0.25, -0.2) is 0 Å². The van der Waals surface area contributed by atoms with E-state index in [0.717, 1.165) is 31.2 Å². The van der Waals surface area contributed by atoms with Gasteiger partial charge in [0.15, 0.2) is 0 Å². The second-order valence-corrected chi connectivity index (χ2v) is 7.10. The molecule has 0 aromatic carbocycles. The number of rotatable bonds is 1. The lowest BCUT2D eigenvalue weighted by molar-refractivity contribution is 0.0605. The lowest BCUT2D eigenvalue weighted by Gasteiger charge is -2.36. The van der Waals surface area contributed by atoms with Gasteiger partial charge in [-0.2, -0.15) is 0 Å². The normalized spacial score (nSPS) is 30.8. The van der Waals surface area contributed by atoms with Crippen LogP contribution in [-0.2, 0) is 0 Å². The number of piperidine rings is 1. The fraction of sp³-hybridized carbons (Fsp3) is 0.615. The summed E-state index contributed by atoms with van der Waals surface area (Å²) in [4.78, 5) is 15.3. The summed E-state index contributed by atoms with van der Waals surface area (Å²) in [6.45, 7) is 1.94. The smallest absolute Gasteiger partial charge is 0.265 e. The zero-order valence-corrected chi connectivity index (χ0v) is 12.5. The summed E-state index contributed by atoms with van der Waals surface area (Å²) in [6.07, 6.45) is 4.01. The van der Waals surface area contributed by atoms with Crippen LogP contribution >= 0.6 is 34.5 Å². The Kier molecular flexibility index (Phi) is 3.33. The van der Waals surface area contributed by atoms with E-state index in [2.05, 4.69) is 0 Å². The van der Waals surface area contributed by atoms with E-state index >= 15 is 0 Å². The van der Waals surface area contributed by atoms with Crippen LogP contribution in [0.4, 0.5) is 0 Å². The molecule has 2 atom stereocenters. The molecule has 2 aliphatic rings. The molecule has 0 spiro atoms. The lowest BCUT2D eigenvalue weighted by Crippen LogP contribution is -2.46. The molecule has 1 aromatic rings. The number of carbonyl (C=O) groups excluding carboxylic acids is 1. The summed E-state index contributed by atoms with van der Waals surface area (Å²) in [5, 5.41) is 2.80. The Labute approximate surface area is 121 Å². The van der Waals surface area contributed by atoms with Crippen LogP contribution in [-0.4, -0.2) is 28.3 Å². The third-order valence-electron chi connectivity index (χ3n) is 4.00. The van der Waals surface area contributed by atoms with Crippen molar-refractivity contribution >= 4 is 40.4 Å². The molecule has 1 amide bonds. The van der Waals surface area contributed by atoms with Gasteiger partial charge >= 0.3 is 0 Å². The predicted octanol–water partition coefficient (Wildman–Crippen LogP) is 4.08. The summed E-state index contributed by atoms with van der Waals surface area (Å²) in [5.74, 6) is 0.106. The van der Waals surface area contributed by atoms with E-state index in [9.17, 15) is 4.79 Å². The van der Waals surface area contributed by atoms with Crippen molar-refractivity contribution in [2.24, 2.45) is 0 Å². The number of fused-ring (bicyclic) bond motifs is 2. The second-order valence-electron chi connectivity index (χ2n) is 5.23. The van der Waals surface area contributed by atoms with E-state index in [4.69, 9.17) is 23.2 Å². The molecule has 3 heterocycles. The van der Waals surface area contributed by atoms with Crippen LogP contribution in [0.2, 0.25) is 5.02 Å². The molecule has 2 saturated heterocycles. The van der Waals surface area contributed by atoms with Gasteiger partial charge in [0.25, 0.3) is 5.91 Å². The Balaban J connectivity index is 1.88. The van der Waals surface area contributed by atoms with Gasteiger partial charge in [0.05, 0.1) is 5.02 Å². The largest absolute Gasteiger partial charge is 0.332 e. The zero-order valence-electron chi connectivity index (χ0n) is 10.2. The van der Waals surface area contributed by atoms with E-state index in [1.807, 2.05) is 17.2 Å². The second kappa shape index (κ2) is 4.69. The summed E-state index contributed by atoms with van der Waals surface area (Å²) in [6, 6.07) is 0.634. The number of thiophene rings is 1. The molecule has 5 heteroatoms. The first-order valence-electron chi connectivity index (χ1n) is 6.28. The lowest BCUT2D eigenvalue weighted by atomic mass is 10.0. The van der Waals surface area contributed by atoms with Gasteiger partial charge in [-0.3, -0.25) is 4.79 Å². The minimum Gasteiger partial charge on any atom is -0.332 e. The average molecular weight is 304 g/mol. The Bertz CT molecular complexity index is 473.